The van der Waals surface area contributed by atoms with Gasteiger partial charge in [-0.2, -0.15) is 0 Å². The summed E-state index contributed by atoms with van der Waals surface area (Å²) in [6, 6.07) is 17.6. The summed E-state index contributed by atoms with van der Waals surface area (Å²) in [5.41, 5.74) is 6.10. The van der Waals surface area contributed by atoms with Crippen molar-refractivity contribution >= 4 is 22.7 Å². The van der Waals surface area contributed by atoms with Gasteiger partial charge in [0.25, 0.3) is 11.6 Å². The highest BCUT2D eigenvalue weighted by Gasteiger charge is 2.20. The Morgan fingerprint density at radius 1 is 1.07 bits per heavy atom. The van der Waals surface area contributed by atoms with E-state index in [0.29, 0.717) is 28.1 Å². The van der Waals surface area contributed by atoms with Crippen molar-refractivity contribution in [3.8, 4) is 11.3 Å². The van der Waals surface area contributed by atoms with Crippen molar-refractivity contribution in [1.82, 2.24) is 10.1 Å². The van der Waals surface area contributed by atoms with E-state index >= 15 is 0 Å². The standard InChI is InChI=1S/C23H21N3O2/c1-4-16-12-8-9-14(2)21(16)25-22(27)18-13-19(17-10-6-5-7-11-17)24-23-20(18)15(3)26-28-23/h5-13H,4H2,1-3H3,(H,25,27). The number of pyridine rings is 1. The van der Waals surface area contributed by atoms with E-state index in [-0.39, 0.29) is 5.91 Å². The fraction of sp³-hybridized carbons (Fsp3) is 0.174. The Morgan fingerprint density at radius 3 is 2.61 bits per heavy atom. The second kappa shape index (κ2) is 7.27. The van der Waals surface area contributed by atoms with Gasteiger partial charge in [0.1, 0.15) is 0 Å². The number of nitrogens with zero attached hydrogens (tertiary/aromatic N) is 2. The number of rotatable bonds is 4. The lowest BCUT2D eigenvalue weighted by molar-refractivity contribution is 0.102. The lowest BCUT2D eigenvalue weighted by Gasteiger charge is -2.14. The number of anilines is 1. The third kappa shape index (κ3) is 3.16. The van der Waals surface area contributed by atoms with Crippen molar-refractivity contribution < 1.29 is 9.32 Å². The zero-order chi connectivity index (χ0) is 19.7. The molecule has 0 aliphatic heterocycles. The molecule has 2 heterocycles. The second-order valence-electron chi connectivity index (χ2n) is 6.79. The molecule has 0 fully saturated rings. The maximum atomic E-state index is 13.3. The summed E-state index contributed by atoms with van der Waals surface area (Å²) in [7, 11) is 0. The molecule has 2 aromatic carbocycles. The molecule has 1 N–H and O–H groups in total. The lowest BCUT2D eigenvalue weighted by atomic mass is 10.0. The van der Waals surface area contributed by atoms with Crippen molar-refractivity contribution in [3.63, 3.8) is 0 Å². The van der Waals surface area contributed by atoms with Gasteiger partial charge in [0.15, 0.2) is 0 Å². The van der Waals surface area contributed by atoms with E-state index in [4.69, 9.17) is 4.52 Å². The fourth-order valence-corrected chi connectivity index (χ4v) is 3.41. The molecule has 0 unspecified atom stereocenters. The van der Waals surface area contributed by atoms with Crippen LogP contribution in [-0.4, -0.2) is 16.0 Å². The first-order chi connectivity index (χ1) is 13.6. The number of benzene rings is 2. The molecule has 28 heavy (non-hydrogen) atoms. The van der Waals surface area contributed by atoms with Crippen LogP contribution in [0.5, 0.6) is 0 Å². The highest BCUT2D eigenvalue weighted by atomic mass is 16.5. The van der Waals surface area contributed by atoms with Crippen molar-refractivity contribution in [2.75, 3.05) is 5.32 Å². The van der Waals surface area contributed by atoms with Gasteiger partial charge in [-0.1, -0.05) is 60.6 Å². The van der Waals surface area contributed by atoms with Crippen LogP contribution in [0.25, 0.3) is 22.4 Å². The van der Waals surface area contributed by atoms with Gasteiger partial charge in [0.05, 0.1) is 22.3 Å². The molecule has 4 aromatic rings. The number of carbonyl (C=O) groups is 1. The van der Waals surface area contributed by atoms with Gasteiger partial charge < -0.3 is 9.84 Å². The minimum atomic E-state index is -0.195. The number of fused-ring (bicyclic) bond motifs is 1. The topological polar surface area (TPSA) is 68.0 Å². The van der Waals surface area contributed by atoms with Crippen LogP contribution in [0, 0.1) is 13.8 Å². The molecule has 2 aromatic heterocycles. The Morgan fingerprint density at radius 2 is 1.86 bits per heavy atom. The highest BCUT2D eigenvalue weighted by Crippen LogP contribution is 2.29. The number of hydrogen-bond donors (Lipinski definition) is 1. The van der Waals surface area contributed by atoms with Crippen molar-refractivity contribution in [2.24, 2.45) is 0 Å². The number of aryl methyl sites for hydroxylation is 3. The molecule has 0 atom stereocenters. The first kappa shape index (κ1) is 17.9. The number of aromatic nitrogens is 2. The van der Waals surface area contributed by atoms with E-state index in [1.165, 1.54) is 0 Å². The van der Waals surface area contributed by atoms with Crippen LogP contribution in [0.1, 0.15) is 34.1 Å². The number of nitrogens with one attached hydrogen (secondary N) is 1. The molecule has 0 aliphatic rings. The Labute approximate surface area is 163 Å². The third-order valence-electron chi connectivity index (χ3n) is 4.91. The second-order valence-corrected chi connectivity index (χ2v) is 6.79. The predicted molar refractivity (Wildman–Crippen MR) is 110 cm³/mol. The maximum absolute atomic E-state index is 13.3. The van der Waals surface area contributed by atoms with E-state index in [1.54, 1.807) is 6.07 Å². The van der Waals surface area contributed by atoms with Gasteiger partial charge in [0, 0.05) is 11.3 Å². The first-order valence-electron chi connectivity index (χ1n) is 9.30. The third-order valence-corrected chi connectivity index (χ3v) is 4.91. The molecule has 0 saturated heterocycles. The Bertz CT molecular complexity index is 1160. The van der Waals surface area contributed by atoms with E-state index in [2.05, 4.69) is 22.4 Å². The Hall–Kier alpha value is -3.47. The quantitative estimate of drug-likeness (QED) is 0.527. The van der Waals surface area contributed by atoms with Gasteiger partial charge in [-0.15, -0.1) is 0 Å². The van der Waals surface area contributed by atoms with Crippen molar-refractivity contribution in [2.45, 2.75) is 27.2 Å². The molecule has 0 aliphatic carbocycles. The van der Waals surface area contributed by atoms with Gasteiger partial charge in [-0.25, -0.2) is 4.98 Å². The summed E-state index contributed by atoms with van der Waals surface area (Å²) < 4.78 is 5.38. The van der Waals surface area contributed by atoms with Crippen LogP contribution in [0.2, 0.25) is 0 Å². The molecule has 5 nitrogen and oxygen atoms in total. The average molecular weight is 371 g/mol. The number of carbonyl (C=O) groups excluding carboxylic acids is 1. The average Bonchev–Trinajstić information content (AvgIpc) is 3.10. The van der Waals surface area contributed by atoms with E-state index in [1.807, 2.05) is 62.4 Å². The van der Waals surface area contributed by atoms with Gasteiger partial charge in [-0.3, -0.25) is 4.79 Å². The van der Waals surface area contributed by atoms with Crippen LogP contribution in [0.4, 0.5) is 5.69 Å². The van der Waals surface area contributed by atoms with E-state index < -0.39 is 0 Å². The first-order valence-corrected chi connectivity index (χ1v) is 9.30. The molecule has 1 amide bonds. The van der Waals surface area contributed by atoms with Crippen LogP contribution in [-0.2, 0) is 6.42 Å². The number of amides is 1. The number of hydrogen-bond acceptors (Lipinski definition) is 4. The SMILES string of the molecule is CCc1cccc(C)c1NC(=O)c1cc(-c2ccccc2)nc2onc(C)c12. The van der Waals surface area contributed by atoms with Crippen LogP contribution in [0.15, 0.2) is 59.1 Å². The zero-order valence-electron chi connectivity index (χ0n) is 16.1. The summed E-state index contributed by atoms with van der Waals surface area (Å²) in [6.07, 6.45) is 0.838. The molecular formula is C23H21N3O2. The predicted octanol–water partition coefficient (Wildman–Crippen LogP) is 5.32. The molecular weight excluding hydrogens is 350 g/mol. The van der Waals surface area contributed by atoms with Crippen LogP contribution >= 0.6 is 0 Å². The minimum absolute atomic E-state index is 0.195. The number of para-hydroxylation sites is 1. The van der Waals surface area contributed by atoms with Crippen molar-refractivity contribution in [1.29, 1.82) is 0 Å². The van der Waals surface area contributed by atoms with Crippen LogP contribution in [0.3, 0.4) is 0 Å². The largest absolute Gasteiger partial charge is 0.335 e. The molecule has 0 saturated carbocycles. The normalized spacial score (nSPS) is 11.0. The van der Waals surface area contributed by atoms with Crippen molar-refractivity contribution in [3.05, 3.63) is 77.0 Å². The highest BCUT2D eigenvalue weighted by molar-refractivity contribution is 6.13. The van der Waals surface area contributed by atoms with E-state index in [0.717, 1.165) is 28.8 Å². The summed E-state index contributed by atoms with van der Waals surface area (Å²) >= 11 is 0. The van der Waals surface area contributed by atoms with Gasteiger partial charge in [0.2, 0.25) is 0 Å². The Kier molecular flexibility index (Phi) is 4.65. The molecule has 140 valence electrons. The summed E-state index contributed by atoms with van der Waals surface area (Å²) in [5.74, 6) is -0.195. The minimum Gasteiger partial charge on any atom is -0.335 e. The fourth-order valence-electron chi connectivity index (χ4n) is 3.41. The molecule has 5 heteroatoms. The smallest absolute Gasteiger partial charge is 0.259 e. The van der Waals surface area contributed by atoms with Crippen LogP contribution < -0.4 is 5.32 Å². The summed E-state index contributed by atoms with van der Waals surface area (Å²) in [6.45, 7) is 5.89. The molecule has 0 bridgehead atoms. The Balaban J connectivity index is 1.84. The summed E-state index contributed by atoms with van der Waals surface area (Å²) in [4.78, 5) is 17.8. The lowest BCUT2D eigenvalue weighted by Crippen LogP contribution is -2.15. The van der Waals surface area contributed by atoms with Gasteiger partial charge >= 0.3 is 0 Å². The van der Waals surface area contributed by atoms with Gasteiger partial charge in [-0.05, 0) is 37.5 Å². The monoisotopic (exact) mass is 371 g/mol. The molecule has 0 radical (unpaired) electrons. The van der Waals surface area contributed by atoms with E-state index in [9.17, 15) is 4.79 Å². The maximum Gasteiger partial charge on any atom is 0.259 e. The molecule has 4 rings (SSSR count). The summed E-state index contributed by atoms with van der Waals surface area (Å²) in [5, 5.41) is 7.75. The zero-order valence-corrected chi connectivity index (χ0v) is 16.1. The molecule has 0 spiro atoms.